The molecule has 0 aliphatic heterocycles. The minimum atomic E-state index is -0.0858. The van der Waals surface area contributed by atoms with Gasteiger partial charge in [-0.15, -0.1) is 0 Å². The van der Waals surface area contributed by atoms with Gasteiger partial charge in [-0.25, -0.2) is 0 Å². The van der Waals surface area contributed by atoms with Crippen molar-refractivity contribution in [3.05, 3.63) is 242 Å². The van der Waals surface area contributed by atoms with Gasteiger partial charge in [-0.05, 0) is 215 Å². The fourth-order valence-corrected chi connectivity index (χ4v) is 15.9. The van der Waals surface area contributed by atoms with Gasteiger partial charge in [0.1, 0.15) is 0 Å². The van der Waals surface area contributed by atoms with Gasteiger partial charge in [0.05, 0.1) is 0 Å². The molecule has 19 rings (SSSR count). The Morgan fingerprint density at radius 3 is 1.34 bits per heavy atom. The van der Waals surface area contributed by atoms with Gasteiger partial charge in [0.2, 0.25) is 0 Å². The molecule has 17 aromatic carbocycles. The molecule has 0 saturated heterocycles. The van der Waals surface area contributed by atoms with Crippen LogP contribution in [0.3, 0.4) is 0 Å². The lowest BCUT2D eigenvalue weighted by Gasteiger charge is -2.23. The van der Waals surface area contributed by atoms with E-state index in [2.05, 4.69) is 244 Å². The molecular formula is C77H44. The predicted molar refractivity (Wildman–Crippen MR) is 331 cm³/mol. The summed E-state index contributed by atoms with van der Waals surface area (Å²) in [6.45, 7) is 4.78. The van der Waals surface area contributed by atoms with E-state index in [4.69, 9.17) is 0 Å². The molecule has 0 radical (unpaired) electrons. The van der Waals surface area contributed by atoms with E-state index in [1.807, 2.05) is 0 Å². The highest BCUT2D eigenvalue weighted by Gasteiger charge is 2.37. The molecule has 0 N–H and O–H groups in total. The monoisotopic (exact) mass is 968 g/mol. The van der Waals surface area contributed by atoms with E-state index in [0.29, 0.717) is 0 Å². The maximum Gasteiger partial charge on any atom is 0.0158 e. The molecular weight excluding hydrogens is 925 g/mol. The highest BCUT2D eigenvalue weighted by molar-refractivity contribution is 6.51. The van der Waals surface area contributed by atoms with Crippen molar-refractivity contribution in [1.29, 1.82) is 0 Å². The maximum atomic E-state index is 2.53. The fourth-order valence-electron chi connectivity index (χ4n) is 15.9. The van der Waals surface area contributed by atoms with Gasteiger partial charge in [0, 0.05) is 5.41 Å². The average molecular weight is 969 g/mol. The lowest BCUT2D eigenvalue weighted by molar-refractivity contribution is 0.660. The molecule has 0 fully saturated rings. The van der Waals surface area contributed by atoms with E-state index in [1.165, 1.54) is 196 Å². The minimum absolute atomic E-state index is 0.0858. The van der Waals surface area contributed by atoms with Crippen LogP contribution in [0.25, 0.3) is 185 Å². The van der Waals surface area contributed by atoms with Crippen molar-refractivity contribution >= 4 is 118 Å². The molecule has 0 amide bonds. The third-order valence-corrected chi connectivity index (χ3v) is 19.0. The molecule has 0 unspecified atom stereocenters. The summed E-state index contributed by atoms with van der Waals surface area (Å²) in [4.78, 5) is 0. The van der Waals surface area contributed by atoms with Crippen LogP contribution in [-0.2, 0) is 5.41 Å². The molecule has 0 heteroatoms. The predicted octanol–water partition coefficient (Wildman–Crippen LogP) is 21.6. The van der Waals surface area contributed by atoms with Crippen molar-refractivity contribution in [3.8, 4) is 66.8 Å². The van der Waals surface area contributed by atoms with Crippen LogP contribution in [0.4, 0.5) is 0 Å². The minimum Gasteiger partial charge on any atom is -0.0622 e. The fraction of sp³-hybridized carbons (Fsp3) is 0.0390. The summed E-state index contributed by atoms with van der Waals surface area (Å²) in [5.74, 6) is 0. The van der Waals surface area contributed by atoms with Gasteiger partial charge in [0.15, 0.2) is 0 Å². The maximum absolute atomic E-state index is 2.53. The summed E-state index contributed by atoms with van der Waals surface area (Å²) in [7, 11) is 0. The van der Waals surface area contributed by atoms with Crippen molar-refractivity contribution in [1.82, 2.24) is 0 Å². The lowest BCUT2D eigenvalue weighted by atomic mass is 9.80. The molecule has 0 aromatic heterocycles. The largest absolute Gasteiger partial charge is 0.0622 e. The Morgan fingerprint density at radius 2 is 0.649 bits per heavy atom. The quantitative estimate of drug-likeness (QED) is 0.122. The zero-order valence-electron chi connectivity index (χ0n) is 42.4. The van der Waals surface area contributed by atoms with E-state index in [0.717, 1.165) is 0 Å². The molecule has 352 valence electrons. The molecule has 2 aliphatic carbocycles. The normalized spacial score (nSPS) is 13.7. The van der Waals surface area contributed by atoms with Crippen molar-refractivity contribution in [2.75, 3.05) is 0 Å². The molecule has 0 atom stereocenters. The second kappa shape index (κ2) is 14.0. The highest BCUT2D eigenvalue weighted by atomic mass is 14.4. The van der Waals surface area contributed by atoms with Gasteiger partial charge >= 0.3 is 0 Å². The summed E-state index contributed by atoms with van der Waals surface area (Å²) in [5.41, 5.74) is 18.4. The van der Waals surface area contributed by atoms with E-state index in [-0.39, 0.29) is 5.41 Å². The third kappa shape index (κ3) is 4.84. The first-order valence-electron chi connectivity index (χ1n) is 27.3. The Kier molecular flexibility index (Phi) is 7.40. The van der Waals surface area contributed by atoms with Crippen LogP contribution in [0, 0.1) is 0 Å². The highest BCUT2D eigenvalue weighted by Crippen LogP contribution is 2.62. The number of hydrogen-bond acceptors (Lipinski definition) is 0. The van der Waals surface area contributed by atoms with Crippen LogP contribution in [0.5, 0.6) is 0 Å². The van der Waals surface area contributed by atoms with Crippen molar-refractivity contribution in [2.24, 2.45) is 0 Å². The van der Waals surface area contributed by atoms with E-state index in [1.54, 1.807) is 0 Å². The molecule has 0 spiro atoms. The molecule has 77 heavy (non-hydrogen) atoms. The van der Waals surface area contributed by atoms with Gasteiger partial charge in [-0.1, -0.05) is 226 Å². The zero-order valence-corrected chi connectivity index (χ0v) is 42.4. The van der Waals surface area contributed by atoms with E-state index >= 15 is 0 Å². The van der Waals surface area contributed by atoms with Crippen LogP contribution >= 0.6 is 0 Å². The second-order valence-corrected chi connectivity index (χ2v) is 22.8. The Morgan fingerprint density at radius 1 is 0.208 bits per heavy atom. The smallest absolute Gasteiger partial charge is 0.0158 e. The Hall–Kier alpha value is -9.62. The molecule has 0 heterocycles. The SMILES string of the molecule is CC1(C)c2ccccc2-c2cc(-c3c4c(c(-c5ccccc5)c5cc6ccccc6cc35)-c3ccc5c6ccc7c8c(-c9ccccc9)c9cccc%10c%11ccccc%11c(c9%10)c8c8ccc(c9ccc-4c3c59)c6c78)ccc21. The van der Waals surface area contributed by atoms with Gasteiger partial charge < -0.3 is 0 Å². The first kappa shape index (κ1) is 40.7. The van der Waals surface area contributed by atoms with Gasteiger partial charge in [0.25, 0.3) is 0 Å². The summed E-state index contributed by atoms with van der Waals surface area (Å²) >= 11 is 0. The average Bonchev–Trinajstić information content (AvgIpc) is 4.28. The summed E-state index contributed by atoms with van der Waals surface area (Å²) in [6.07, 6.45) is 0. The summed E-state index contributed by atoms with van der Waals surface area (Å²) < 4.78 is 0. The van der Waals surface area contributed by atoms with Crippen LogP contribution in [0.2, 0.25) is 0 Å². The Labute approximate surface area is 443 Å². The first-order chi connectivity index (χ1) is 38.0. The Bertz CT molecular complexity index is 5480. The van der Waals surface area contributed by atoms with E-state index < -0.39 is 0 Å². The van der Waals surface area contributed by atoms with Crippen LogP contribution in [0.1, 0.15) is 25.0 Å². The van der Waals surface area contributed by atoms with Crippen LogP contribution in [-0.4, -0.2) is 0 Å². The number of rotatable bonds is 3. The molecule has 0 saturated carbocycles. The van der Waals surface area contributed by atoms with Crippen molar-refractivity contribution in [2.45, 2.75) is 19.3 Å². The standard InChI is InChI=1S/C77H44/c1-77(2)62-27-14-13-23-47(62)59-40-45(28-37-63(59)77)66-61-39-44-21-10-9-20-43(44)38-60(61)65(42-18-7-4-8-19-42)74-56-34-30-50-52-29-33-55-71-58(36-32-53(68(52)71)51-31-35-57(75(66)74)70(56)67(50)51)76-72-49-24-12-11-22-46(49)48-25-15-26-54(69(48)72)64(73(55)76)41-16-5-3-6-17-41/h3-40H,1-2H3. The van der Waals surface area contributed by atoms with Crippen LogP contribution in [0.15, 0.2) is 231 Å². The van der Waals surface area contributed by atoms with Crippen LogP contribution < -0.4 is 0 Å². The van der Waals surface area contributed by atoms with Crippen molar-refractivity contribution in [3.63, 3.8) is 0 Å². The summed E-state index contributed by atoms with van der Waals surface area (Å²) in [6, 6.07) is 88.7. The summed E-state index contributed by atoms with van der Waals surface area (Å²) in [5, 5.41) is 29.3. The van der Waals surface area contributed by atoms with Gasteiger partial charge in [-0.2, -0.15) is 0 Å². The number of hydrogen-bond donors (Lipinski definition) is 0. The second-order valence-electron chi connectivity index (χ2n) is 22.8. The van der Waals surface area contributed by atoms with Crippen molar-refractivity contribution < 1.29 is 0 Å². The lowest BCUT2D eigenvalue weighted by Crippen LogP contribution is -2.14. The van der Waals surface area contributed by atoms with E-state index in [9.17, 15) is 0 Å². The third-order valence-electron chi connectivity index (χ3n) is 19.0. The topological polar surface area (TPSA) is 0 Å². The zero-order chi connectivity index (χ0) is 50.2. The molecule has 17 aromatic rings. The Balaban J connectivity index is 0.964. The first-order valence-corrected chi connectivity index (χ1v) is 27.3. The molecule has 0 nitrogen and oxygen atoms in total. The number of benzene rings is 15. The number of fused-ring (bicyclic) bond motifs is 17. The molecule has 0 bridgehead atoms. The van der Waals surface area contributed by atoms with Gasteiger partial charge in [-0.3, -0.25) is 0 Å². The molecule has 2 aliphatic rings.